The van der Waals surface area contributed by atoms with Gasteiger partial charge in [0.15, 0.2) is 0 Å². The van der Waals surface area contributed by atoms with Crippen LogP contribution in [0.4, 0.5) is 9.59 Å². The van der Waals surface area contributed by atoms with Gasteiger partial charge in [-0.2, -0.15) is 4.90 Å². The Morgan fingerprint density at radius 1 is 0.804 bits per heavy atom. The van der Waals surface area contributed by atoms with Crippen LogP contribution in [0.2, 0.25) is 0 Å². The van der Waals surface area contributed by atoms with Crippen molar-refractivity contribution in [3.63, 3.8) is 0 Å². The molecule has 0 radical (unpaired) electrons. The van der Waals surface area contributed by atoms with E-state index in [0.717, 1.165) is 16.5 Å². The number of hydrogen-bond acceptors (Lipinski definition) is 8. The molecule has 0 aliphatic heterocycles. The first-order chi connectivity index (χ1) is 22.4. The first-order valence-electron chi connectivity index (χ1n) is 14.5. The van der Waals surface area contributed by atoms with E-state index in [9.17, 15) is 19.2 Å². The topological polar surface area (TPSA) is 156 Å². The minimum atomic E-state index is -1.50. The van der Waals surface area contributed by atoms with Crippen molar-refractivity contribution in [2.75, 3.05) is 7.11 Å². The number of methoxy groups -OCH3 is 1. The Hall–Kier alpha value is -5.91. The first-order valence-corrected chi connectivity index (χ1v) is 14.5. The molecule has 3 amide bonds. The van der Waals surface area contributed by atoms with E-state index in [1.807, 2.05) is 36.4 Å². The highest BCUT2D eigenvalue weighted by Gasteiger charge is 2.39. The van der Waals surface area contributed by atoms with E-state index >= 15 is 0 Å². The van der Waals surface area contributed by atoms with Crippen molar-refractivity contribution >= 4 is 35.0 Å². The van der Waals surface area contributed by atoms with Gasteiger partial charge in [-0.25, -0.2) is 19.4 Å². The van der Waals surface area contributed by atoms with E-state index in [0.29, 0.717) is 21.7 Å². The van der Waals surface area contributed by atoms with E-state index < -0.39 is 36.1 Å². The molecule has 12 nitrogen and oxygen atoms in total. The lowest BCUT2D eigenvalue weighted by molar-refractivity contribution is -0.145. The number of rotatable bonds is 12. The maximum absolute atomic E-state index is 14.1. The van der Waals surface area contributed by atoms with Crippen LogP contribution in [0, 0.1) is 0 Å². The summed E-state index contributed by atoms with van der Waals surface area (Å²) in [5.74, 6) is -1.51. The molecule has 3 N–H and O–H groups in total. The third kappa shape index (κ3) is 7.97. The van der Waals surface area contributed by atoms with Crippen molar-refractivity contribution in [2.45, 2.75) is 38.1 Å². The summed E-state index contributed by atoms with van der Waals surface area (Å²) >= 11 is 0. The zero-order valence-corrected chi connectivity index (χ0v) is 25.1. The average molecular weight is 624 g/mol. The fraction of sp³-hybridized carbons (Fsp3) is 0.206. The summed E-state index contributed by atoms with van der Waals surface area (Å²) in [7, 11) is 1.22. The fourth-order valence-corrected chi connectivity index (χ4v) is 4.94. The van der Waals surface area contributed by atoms with E-state index in [2.05, 4.69) is 20.3 Å². The van der Waals surface area contributed by atoms with Gasteiger partial charge in [-0.05, 0) is 22.8 Å². The SMILES string of the molecule is COC(=O)[C@@H](Cc1c[nH]c2ccccc12)NC(=O)[C@@H](Cc1cnc[nH]1)N(C(=O)OCc1ccccc1)C(=O)OCc1ccccc1. The molecule has 0 aliphatic rings. The van der Waals surface area contributed by atoms with Crippen molar-refractivity contribution in [1.82, 2.24) is 25.2 Å². The Morgan fingerprint density at radius 2 is 1.41 bits per heavy atom. The monoisotopic (exact) mass is 623 g/mol. The number of nitrogens with zero attached hydrogens (tertiary/aromatic N) is 2. The van der Waals surface area contributed by atoms with Crippen LogP contribution in [0.1, 0.15) is 22.4 Å². The Morgan fingerprint density at radius 3 is 2.00 bits per heavy atom. The van der Waals surface area contributed by atoms with E-state index in [-0.39, 0.29) is 26.1 Å². The molecule has 0 saturated heterocycles. The smallest absolute Gasteiger partial charge is 0.420 e. The number of carbonyl (C=O) groups is 4. The van der Waals surface area contributed by atoms with Crippen LogP contribution in [0.3, 0.4) is 0 Å². The molecule has 2 aromatic heterocycles. The largest absolute Gasteiger partial charge is 0.467 e. The molecule has 2 heterocycles. The molecule has 46 heavy (non-hydrogen) atoms. The van der Waals surface area contributed by atoms with Crippen LogP contribution in [-0.4, -0.2) is 63.1 Å². The number of esters is 1. The molecule has 5 aromatic rings. The van der Waals surface area contributed by atoms with Crippen LogP contribution in [0.5, 0.6) is 0 Å². The van der Waals surface area contributed by atoms with E-state index in [1.165, 1.54) is 19.6 Å². The first kappa shape index (κ1) is 31.5. The zero-order valence-electron chi connectivity index (χ0n) is 25.1. The summed E-state index contributed by atoms with van der Waals surface area (Å²) in [6, 6.07) is 22.7. The number of imidazole rings is 1. The quantitative estimate of drug-likeness (QED) is 0.134. The molecule has 236 valence electrons. The lowest BCUT2D eigenvalue weighted by atomic mass is 10.0. The number of para-hydroxylation sites is 1. The van der Waals surface area contributed by atoms with Gasteiger partial charge in [0.05, 0.1) is 13.4 Å². The van der Waals surface area contributed by atoms with Crippen molar-refractivity contribution in [1.29, 1.82) is 0 Å². The summed E-state index contributed by atoms with van der Waals surface area (Å²) in [5, 5.41) is 3.57. The summed E-state index contributed by atoms with van der Waals surface area (Å²) in [6.45, 7) is -0.322. The lowest BCUT2D eigenvalue weighted by Crippen LogP contribution is -2.56. The third-order valence-corrected chi connectivity index (χ3v) is 7.29. The minimum Gasteiger partial charge on any atom is -0.467 e. The molecule has 0 unspecified atom stereocenters. The summed E-state index contributed by atoms with van der Waals surface area (Å²) in [6.07, 6.45) is 2.32. The van der Waals surface area contributed by atoms with Crippen molar-refractivity contribution in [2.24, 2.45) is 0 Å². The molecule has 2 atom stereocenters. The van der Waals surface area contributed by atoms with Crippen molar-refractivity contribution < 1.29 is 33.4 Å². The number of ether oxygens (including phenoxy) is 3. The molecule has 5 rings (SSSR count). The van der Waals surface area contributed by atoms with Crippen molar-refractivity contribution in [3.8, 4) is 0 Å². The lowest BCUT2D eigenvalue weighted by Gasteiger charge is -2.29. The second kappa shape index (κ2) is 15.2. The van der Waals surface area contributed by atoms with Crippen LogP contribution in [0.15, 0.2) is 104 Å². The molecule has 0 saturated carbocycles. The number of aromatic nitrogens is 3. The Balaban J connectivity index is 1.43. The highest BCUT2D eigenvalue weighted by Crippen LogP contribution is 2.20. The number of benzene rings is 3. The molecule has 0 bridgehead atoms. The van der Waals surface area contributed by atoms with Crippen molar-refractivity contribution in [3.05, 3.63) is 126 Å². The third-order valence-electron chi connectivity index (χ3n) is 7.29. The molecule has 0 spiro atoms. The second-order valence-electron chi connectivity index (χ2n) is 10.4. The van der Waals surface area contributed by atoms with Gasteiger partial charge in [0.2, 0.25) is 5.91 Å². The van der Waals surface area contributed by atoms with Gasteiger partial charge in [-0.3, -0.25) is 4.79 Å². The number of fused-ring (bicyclic) bond motifs is 1. The van der Waals surface area contributed by atoms with Gasteiger partial charge in [0.25, 0.3) is 0 Å². The van der Waals surface area contributed by atoms with E-state index in [4.69, 9.17) is 14.2 Å². The number of amides is 3. The maximum Gasteiger partial charge on any atom is 0.420 e. The minimum absolute atomic E-state index is 0.0795. The summed E-state index contributed by atoms with van der Waals surface area (Å²) in [5.41, 5.74) is 3.42. The van der Waals surface area contributed by atoms with Gasteiger partial charge in [0, 0.05) is 41.8 Å². The van der Waals surface area contributed by atoms with Crippen LogP contribution >= 0.6 is 0 Å². The predicted molar refractivity (Wildman–Crippen MR) is 167 cm³/mol. The van der Waals surface area contributed by atoms with Crippen LogP contribution in [0.25, 0.3) is 10.9 Å². The fourth-order valence-electron chi connectivity index (χ4n) is 4.94. The van der Waals surface area contributed by atoms with Gasteiger partial charge >= 0.3 is 18.2 Å². The normalized spacial score (nSPS) is 12.1. The van der Waals surface area contributed by atoms with Crippen LogP contribution in [-0.2, 0) is 49.9 Å². The number of nitrogens with one attached hydrogen (secondary N) is 3. The summed E-state index contributed by atoms with van der Waals surface area (Å²) in [4.78, 5) is 64.9. The molecular weight excluding hydrogens is 590 g/mol. The zero-order chi connectivity index (χ0) is 32.3. The van der Waals surface area contributed by atoms with Gasteiger partial charge in [0.1, 0.15) is 25.3 Å². The van der Waals surface area contributed by atoms with Crippen LogP contribution < -0.4 is 5.32 Å². The molecule has 3 aromatic carbocycles. The van der Waals surface area contributed by atoms with Gasteiger partial charge in [-0.15, -0.1) is 0 Å². The summed E-state index contributed by atoms with van der Waals surface area (Å²) < 4.78 is 16.0. The Kier molecular flexibility index (Phi) is 10.4. The highest BCUT2D eigenvalue weighted by molar-refractivity contribution is 5.97. The standard InChI is InChI=1S/C34H33N5O7/c1-44-32(41)29(16-25-18-36-28-15-9-8-14-27(25)28)38-31(40)30(17-26-19-35-22-37-26)39(33(42)45-20-23-10-4-2-5-11-23)34(43)46-21-24-12-6-3-7-13-24/h2-15,18-19,22,29-30,36H,16-17,20-21H2,1H3,(H,35,37)(H,38,40)/t29-,30-/m1/s1. The number of carbonyl (C=O) groups excluding carboxylic acids is 4. The molecular formula is C34H33N5O7. The van der Waals surface area contributed by atoms with E-state index in [1.54, 1.807) is 54.7 Å². The molecule has 0 aliphatic carbocycles. The predicted octanol–water partition coefficient (Wildman–Crippen LogP) is 4.68. The maximum atomic E-state index is 14.1. The Labute approximate surface area is 264 Å². The Bertz CT molecular complexity index is 1700. The van der Waals surface area contributed by atoms with Gasteiger partial charge in [-0.1, -0.05) is 78.9 Å². The second-order valence-corrected chi connectivity index (χ2v) is 10.4. The highest BCUT2D eigenvalue weighted by atomic mass is 16.6. The molecule has 0 fully saturated rings. The molecule has 12 heteroatoms. The average Bonchev–Trinajstić information content (AvgIpc) is 3.76. The number of imide groups is 1. The number of aromatic amines is 2. The van der Waals surface area contributed by atoms with Gasteiger partial charge < -0.3 is 29.5 Å². The number of H-pyrrole nitrogens is 2. The number of hydrogen-bond donors (Lipinski definition) is 3.